The van der Waals surface area contributed by atoms with E-state index in [1.165, 1.54) is 24.0 Å². The molecule has 1 aliphatic heterocycles. The van der Waals surface area contributed by atoms with Gasteiger partial charge in [0.05, 0.1) is 19.3 Å². The minimum atomic E-state index is -0.440. The summed E-state index contributed by atoms with van der Waals surface area (Å²) in [5, 5.41) is 7.92. The van der Waals surface area contributed by atoms with Crippen molar-refractivity contribution >= 4 is 47.0 Å². The van der Waals surface area contributed by atoms with Crippen LogP contribution in [-0.4, -0.2) is 38.6 Å². The van der Waals surface area contributed by atoms with Crippen molar-refractivity contribution in [1.29, 1.82) is 0 Å². The van der Waals surface area contributed by atoms with Crippen LogP contribution < -0.4 is 15.5 Å². The molecule has 8 heteroatoms. The van der Waals surface area contributed by atoms with Crippen molar-refractivity contribution in [3.05, 3.63) is 46.2 Å². The van der Waals surface area contributed by atoms with E-state index in [0.717, 1.165) is 25.3 Å². The van der Waals surface area contributed by atoms with E-state index in [-0.39, 0.29) is 24.9 Å². The molecule has 1 aliphatic rings. The quantitative estimate of drug-likeness (QED) is 0.796. The van der Waals surface area contributed by atoms with Crippen LogP contribution in [0.1, 0.15) is 15.2 Å². The highest BCUT2D eigenvalue weighted by atomic mass is 35.5. The van der Waals surface area contributed by atoms with E-state index in [9.17, 15) is 9.59 Å². The van der Waals surface area contributed by atoms with Gasteiger partial charge in [-0.3, -0.25) is 4.79 Å². The normalized spacial score (nSPS) is 13.2. The van der Waals surface area contributed by atoms with Gasteiger partial charge in [-0.15, -0.1) is 23.7 Å². The number of anilines is 2. The number of nitrogens with one attached hydrogen (secondary N) is 2. The second-order valence-electron chi connectivity index (χ2n) is 5.43. The Kier molecular flexibility index (Phi) is 6.81. The summed E-state index contributed by atoms with van der Waals surface area (Å²) in [5.41, 5.74) is 2.74. The number of hydrogen-bond acceptors (Lipinski definition) is 6. The van der Waals surface area contributed by atoms with Crippen LogP contribution in [0.25, 0.3) is 0 Å². The molecule has 0 unspecified atom stereocenters. The molecule has 0 atom stereocenters. The van der Waals surface area contributed by atoms with Crippen LogP contribution in [0.2, 0.25) is 0 Å². The number of halogens is 1. The summed E-state index contributed by atoms with van der Waals surface area (Å²) in [7, 11) is 1.33. The van der Waals surface area contributed by atoms with E-state index in [2.05, 4.69) is 21.6 Å². The number of carbonyl (C=O) groups excluding carboxylic acids is 2. The van der Waals surface area contributed by atoms with Gasteiger partial charge in [0.15, 0.2) is 0 Å². The van der Waals surface area contributed by atoms with Crippen molar-refractivity contribution < 1.29 is 14.3 Å². The molecule has 6 nitrogen and oxygen atoms in total. The highest BCUT2D eigenvalue weighted by Gasteiger charge is 2.19. The van der Waals surface area contributed by atoms with Gasteiger partial charge in [-0.05, 0) is 23.1 Å². The Balaban J connectivity index is 0.00000225. The molecule has 25 heavy (non-hydrogen) atoms. The third-order valence-electron chi connectivity index (χ3n) is 3.85. The Labute approximate surface area is 156 Å². The maximum absolute atomic E-state index is 12.4. The van der Waals surface area contributed by atoms with Gasteiger partial charge < -0.3 is 20.3 Å². The largest absolute Gasteiger partial charge is 0.465 e. The first-order valence-corrected chi connectivity index (χ1v) is 8.56. The van der Waals surface area contributed by atoms with Crippen molar-refractivity contribution in [2.45, 2.75) is 6.54 Å². The topological polar surface area (TPSA) is 70.7 Å². The summed E-state index contributed by atoms with van der Waals surface area (Å²) in [6, 6.07) is 9.78. The number of thiophene rings is 1. The smallest absolute Gasteiger partial charge is 0.350 e. The first-order chi connectivity index (χ1) is 11.7. The monoisotopic (exact) mass is 381 g/mol. The molecular weight excluding hydrogens is 362 g/mol. The molecule has 0 radical (unpaired) electrons. The highest BCUT2D eigenvalue weighted by molar-refractivity contribution is 7.12. The molecule has 2 N–H and O–H groups in total. The van der Waals surface area contributed by atoms with Gasteiger partial charge >= 0.3 is 5.97 Å². The molecule has 0 bridgehead atoms. The molecule has 3 rings (SSSR count). The number of benzene rings is 1. The first-order valence-electron chi connectivity index (χ1n) is 7.68. The van der Waals surface area contributed by atoms with Crippen LogP contribution in [0, 0.1) is 0 Å². The molecule has 1 aromatic heterocycles. The first kappa shape index (κ1) is 19.2. The highest BCUT2D eigenvalue weighted by Crippen LogP contribution is 2.24. The predicted octanol–water partition coefficient (Wildman–Crippen LogP) is 2.50. The summed E-state index contributed by atoms with van der Waals surface area (Å²) in [4.78, 5) is 26.6. The van der Waals surface area contributed by atoms with Gasteiger partial charge in [0.25, 0.3) is 0 Å². The Hall–Kier alpha value is -2.09. The van der Waals surface area contributed by atoms with Crippen LogP contribution in [0.15, 0.2) is 35.7 Å². The van der Waals surface area contributed by atoms with Crippen molar-refractivity contribution in [2.24, 2.45) is 0 Å². The molecule has 134 valence electrons. The number of carbonyl (C=O) groups is 2. The molecule has 0 spiro atoms. The summed E-state index contributed by atoms with van der Waals surface area (Å²) < 4.78 is 4.73. The Morgan fingerprint density at radius 2 is 2.12 bits per heavy atom. The average molecular weight is 382 g/mol. The van der Waals surface area contributed by atoms with Crippen LogP contribution in [0.3, 0.4) is 0 Å². The summed E-state index contributed by atoms with van der Waals surface area (Å²) in [5.74, 6) is -0.597. The van der Waals surface area contributed by atoms with Crippen LogP contribution in [0.4, 0.5) is 11.4 Å². The maximum Gasteiger partial charge on any atom is 0.350 e. The van der Waals surface area contributed by atoms with Crippen molar-refractivity contribution in [3.63, 3.8) is 0 Å². The van der Waals surface area contributed by atoms with Gasteiger partial charge in [0.1, 0.15) is 4.88 Å². The van der Waals surface area contributed by atoms with Crippen LogP contribution in [-0.2, 0) is 16.1 Å². The van der Waals surface area contributed by atoms with Crippen molar-refractivity contribution in [3.8, 4) is 0 Å². The second kappa shape index (κ2) is 8.84. The fourth-order valence-corrected chi connectivity index (χ4v) is 3.48. The van der Waals surface area contributed by atoms with Crippen LogP contribution in [0.5, 0.6) is 0 Å². The van der Waals surface area contributed by atoms with Gasteiger partial charge in [0.2, 0.25) is 5.91 Å². The second-order valence-corrected chi connectivity index (χ2v) is 6.35. The Bertz CT molecular complexity index is 750. The number of nitrogens with zero attached hydrogens (tertiary/aromatic N) is 1. The fourth-order valence-electron chi connectivity index (χ4n) is 2.71. The minimum Gasteiger partial charge on any atom is -0.465 e. The van der Waals surface area contributed by atoms with Crippen molar-refractivity contribution in [2.75, 3.05) is 37.0 Å². The number of ether oxygens (including phenoxy) is 1. The average Bonchev–Trinajstić information content (AvgIpc) is 2.95. The number of hydrogen-bond donors (Lipinski definition) is 2. The number of fused-ring (bicyclic) bond motifs is 1. The Morgan fingerprint density at radius 3 is 2.92 bits per heavy atom. The van der Waals surface area contributed by atoms with Gasteiger partial charge in [-0.2, -0.15) is 0 Å². The number of rotatable bonds is 4. The molecular formula is C17H20ClN3O3S. The zero-order valence-corrected chi connectivity index (χ0v) is 15.4. The maximum atomic E-state index is 12.4. The lowest BCUT2D eigenvalue weighted by Gasteiger charge is -2.23. The SMILES string of the molecule is COC(=O)c1sccc1NC(=O)CN1CCNCc2ccccc21.Cl. The van der Waals surface area contributed by atoms with Crippen molar-refractivity contribution in [1.82, 2.24) is 5.32 Å². The molecule has 1 amide bonds. The lowest BCUT2D eigenvalue weighted by Crippen LogP contribution is -2.36. The molecule has 0 aliphatic carbocycles. The zero-order chi connectivity index (χ0) is 16.9. The molecule has 2 aromatic rings. The third kappa shape index (κ3) is 4.50. The number of esters is 1. The Morgan fingerprint density at radius 1 is 1.32 bits per heavy atom. The van der Waals surface area contributed by atoms with Gasteiger partial charge in [-0.1, -0.05) is 18.2 Å². The van der Waals surface area contributed by atoms with E-state index in [4.69, 9.17) is 4.74 Å². The number of amides is 1. The number of para-hydroxylation sites is 1. The lowest BCUT2D eigenvalue weighted by molar-refractivity contribution is -0.115. The van der Waals surface area contributed by atoms with E-state index in [1.54, 1.807) is 11.4 Å². The van der Waals surface area contributed by atoms with Gasteiger partial charge in [-0.25, -0.2) is 4.79 Å². The third-order valence-corrected chi connectivity index (χ3v) is 4.75. The summed E-state index contributed by atoms with van der Waals surface area (Å²) in [6.07, 6.45) is 0. The predicted molar refractivity (Wildman–Crippen MR) is 102 cm³/mol. The molecule has 0 fully saturated rings. The zero-order valence-electron chi connectivity index (χ0n) is 13.8. The molecule has 1 aromatic carbocycles. The fraction of sp³-hybridized carbons (Fsp3) is 0.294. The number of methoxy groups -OCH3 is 1. The minimum absolute atomic E-state index is 0. The van der Waals surface area contributed by atoms with Gasteiger partial charge in [0, 0.05) is 25.3 Å². The van der Waals surface area contributed by atoms with Crippen LogP contribution >= 0.6 is 23.7 Å². The summed E-state index contributed by atoms with van der Waals surface area (Å²) in [6.45, 7) is 2.59. The molecule has 0 saturated heterocycles. The molecule has 2 heterocycles. The van der Waals surface area contributed by atoms with E-state index in [0.29, 0.717) is 10.6 Å². The van der Waals surface area contributed by atoms with E-state index < -0.39 is 5.97 Å². The standard InChI is InChI=1S/C17H19N3O3S.ClH/c1-23-17(22)16-13(6-9-24-16)19-15(21)11-20-8-7-18-10-12-4-2-3-5-14(12)20;/h2-6,9,18H,7-8,10-11H2,1H3,(H,19,21);1H. The summed E-state index contributed by atoms with van der Waals surface area (Å²) >= 11 is 1.25. The lowest BCUT2D eigenvalue weighted by atomic mass is 10.1. The molecule has 0 saturated carbocycles. The van der Waals surface area contributed by atoms with E-state index >= 15 is 0 Å². The van der Waals surface area contributed by atoms with E-state index in [1.807, 2.05) is 18.2 Å².